The normalized spacial score (nSPS) is 11.2. The molecule has 136 valence electrons. The quantitative estimate of drug-likeness (QED) is 0.778. The maximum Gasteiger partial charge on any atom is 0.256 e. The molecule has 0 aliphatic rings. The van der Waals surface area contributed by atoms with Gasteiger partial charge in [-0.25, -0.2) is 0 Å². The number of Topliss-reactive ketones (excluding diaryl/α,β-unsaturated/α-hetero) is 1. The van der Waals surface area contributed by atoms with Crippen molar-refractivity contribution < 1.29 is 14.1 Å². The Bertz CT molecular complexity index is 773. The van der Waals surface area contributed by atoms with Crippen molar-refractivity contribution in [3.8, 4) is 0 Å². The van der Waals surface area contributed by atoms with E-state index in [0.717, 1.165) is 0 Å². The highest BCUT2D eigenvalue weighted by atomic mass is 16.5. The topological polar surface area (TPSA) is 92.1 Å². The summed E-state index contributed by atoms with van der Waals surface area (Å²) in [7, 11) is 0. The summed E-state index contributed by atoms with van der Waals surface area (Å²) < 4.78 is 5.24. The van der Waals surface area contributed by atoms with Gasteiger partial charge in [-0.15, -0.1) is 0 Å². The molecule has 1 N–H and O–H groups in total. The van der Waals surface area contributed by atoms with Crippen LogP contribution < -0.4 is 0 Å². The van der Waals surface area contributed by atoms with Gasteiger partial charge in [-0.2, -0.15) is 4.98 Å². The van der Waals surface area contributed by atoms with Crippen molar-refractivity contribution in [2.45, 2.75) is 54.5 Å². The summed E-state index contributed by atoms with van der Waals surface area (Å²) in [6, 6.07) is 0. The van der Waals surface area contributed by atoms with Crippen molar-refractivity contribution >= 4 is 11.7 Å². The number of aromatic nitrogens is 3. The molecule has 2 rings (SSSR count). The van der Waals surface area contributed by atoms with Crippen molar-refractivity contribution in [3.05, 3.63) is 34.2 Å². The van der Waals surface area contributed by atoms with Crippen molar-refractivity contribution in [2.24, 2.45) is 5.92 Å². The highest BCUT2D eigenvalue weighted by Crippen LogP contribution is 2.21. The van der Waals surface area contributed by atoms with E-state index in [-0.39, 0.29) is 18.2 Å². The first-order valence-electron chi connectivity index (χ1n) is 8.55. The molecule has 0 aliphatic carbocycles. The van der Waals surface area contributed by atoms with Crippen LogP contribution in [0.5, 0.6) is 0 Å². The molecule has 0 spiro atoms. The van der Waals surface area contributed by atoms with Crippen LogP contribution in [0.2, 0.25) is 0 Å². The van der Waals surface area contributed by atoms with Gasteiger partial charge in [0.05, 0.1) is 17.8 Å². The van der Waals surface area contributed by atoms with E-state index in [1.54, 1.807) is 18.7 Å². The predicted octanol–water partition coefficient (Wildman–Crippen LogP) is 3.08. The molecule has 25 heavy (non-hydrogen) atoms. The lowest BCUT2D eigenvalue weighted by Gasteiger charge is -2.19. The number of hydrogen-bond acceptors (Lipinski definition) is 5. The SMILES string of the molecule is CCN(Cc1noc(CC(C)C)n1)C(=O)c1c(C)[nH]c(C(C)=O)c1C. The Morgan fingerprint density at radius 1 is 1.28 bits per heavy atom. The summed E-state index contributed by atoms with van der Waals surface area (Å²) in [5.74, 6) is 1.27. The molecule has 0 radical (unpaired) electrons. The molecule has 0 aliphatic heterocycles. The Hall–Kier alpha value is -2.44. The maximum absolute atomic E-state index is 13.0. The van der Waals surface area contributed by atoms with E-state index >= 15 is 0 Å². The molecule has 0 bridgehead atoms. The van der Waals surface area contributed by atoms with Crippen LogP contribution in [0.15, 0.2) is 4.52 Å². The standard InChI is InChI=1S/C18H26N4O3/c1-7-22(9-14-20-15(25-21-14)8-10(2)3)18(24)16-11(4)17(13(6)23)19-12(16)5/h10,19H,7-9H2,1-6H3. The number of carbonyl (C=O) groups excluding carboxylic acids is 2. The zero-order valence-electron chi connectivity index (χ0n) is 15.8. The Kier molecular flexibility index (Phi) is 5.77. The fourth-order valence-electron chi connectivity index (χ4n) is 2.87. The van der Waals surface area contributed by atoms with Gasteiger partial charge in [0.1, 0.15) is 0 Å². The fourth-order valence-corrected chi connectivity index (χ4v) is 2.87. The number of carbonyl (C=O) groups is 2. The van der Waals surface area contributed by atoms with Gasteiger partial charge in [-0.1, -0.05) is 19.0 Å². The first kappa shape index (κ1) is 18.9. The molecular formula is C18H26N4O3. The van der Waals surface area contributed by atoms with Crippen molar-refractivity contribution in [1.82, 2.24) is 20.0 Å². The molecular weight excluding hydrogens is 320 g/mol. The largest absolute Gasteiger partial charge is 0.355 e. The Labute approximate surface area is 147 Å². The van der Waals surface area contributed by atoms with Gasteiger partial charge in [0.2, 0.25) is 5.89 Å². The zero-order chi connectivity index (χ0) is 18.7. The second-order valence-corrected chi connectivity index (χ2v) is 6.70. The van der Waals surface area contributed by atoms with Crippen molar-refractivity contribution in [1.29, 1.82) is 0 Å². The van der Waals surface area contributed by atoms with Crippen LogP contribution in [0.25, 0.3) is 0 Å². The average molecular weight is 346 g/mol. The number of nitrogens with one attached hydrogen (secondary N) is 1. The van der Waals surface area contributed by atoms with Gasteiger partial charge in [0.25, 0.3) is 5.91 Å². The molecule has 7 nitrogen and oxygen atoms in total. The fraction of sp³-hybridized carbons (Fsp3) is 0.556. The van der Waals surface area contributed by atoms with Crippen molar-refractivity contribution in [2.75, 3.05) is 6.54 Å². The van der Waals surface area contributed by atoms with E-state index in [1.165, 1.54) is 6.92 Å². The summed E-state index contributed by atoms with van der Waals surface area (Å²) in [5, 5.41) is 3.97. The Balaban J connectivity index is 2.22. The van der Waals surface area contributed by atoms with Crippen LogP contribution in [0.4, 0.5) is 0 Å². The summed E-state index contributed by atoms with van der Waals surface area (Å²) >= 11 is 0. The second kappa shape index (κ2) is 7.63. The molecule has 1 amide bonds. The van der Waals surface area contributed by atoms with E-state index < -0.39 is 0 Å². The minimum atomic E-state index is -0.142. The van der Waals surface area contributed by atoms with E-state index in [2.05, 4.69) is 29.0 Å². The lowest BCUT2D eigenvalue weighted by Crippen LogP contribution is -2.31. The first-order valence-corrected chi connectivity index (χ1v) is 8.55. The molecule has 2 aromatic rings. The lowest BCUT2D eigenvalue weighted by atomic mass is 10.1. The predicted molar refractivity (Wildman–Crippen MR) is 93.5 cm³/mol. The van der Waals surface area contributed by atoms with E-state index in [4.69, 9.17) is 4.52 Å². The second-order valence-electron chi connectivity index (χ2n) is 6.70. The lowest BCUT2D eigenvalue weighted by molar-refractivity contribution is 0.0746. The molecule has 0 aromatic carbocycles. The Morgan fingerprint density at radius 3 is 2.48 bits per heavy atom. The van der Waals surface area contributed by atoms with Crippen LogP contribution in [0.3, 0.4) is 0 Å². The smallest absolute Gasteiger partial charge is 0.256 e. The molecule has 0 unspecified atom stereocenters. The number of aryl methyl sites for hydroxylation is 1. The van der Waals surface area contributed by atoms with E-state index in [1.807, 2.05) is 6.92 Å². The summed E-state index contributed by atoms with van der Waals surface area (Å²) in [6.07, 6.45) is 0.713. The maximum atomic E-state index is 13.0. The third-order valence-electron chi connectivity index (χ3n) is 4.10. The number of aromatic amines is 1. The van der Waals surface area contributed by atoms with Crippen LogP contribution in [-0.2, 0) is 13.0 Å². The van der Waals surface area contributed by atoms with E-state index in [0.29, 0.717) is 53.1 Å². The van der Waals surface area contributed by atoms with Gasteiger partial charge in [0.15, 0.2) is 11.6 Å². The van der Waals surface area contributed by atoms with E-state index in [9.17, 15) is 9.59 Å². The van der Waals surface area contributed by atoms with Crippen molar-refractivity contribution in [3.63, 3.8) is 0 Å². The minimum absolute atomic E-state index is 0.0841. The Morgan fingerprint density at radius 2 is 1.96 bits per heavy atom. The average Bonchev–Trinajstić information content (AvgIpc) is 3.07. The summed E-state index contributed by atoms with van der Waals surface area (Å²) in [4.78, 5) is 33.7. The summed E-state index contributed by atoms with van der Waals surface area (Å²) in [5.41, 5.74) is 2.40. The summed E-state index contributed by atoms with van der Waals surface area (Å²) in [6.45, 7) is 11.9. The van der Waals surface area contributed by atoms with Gasteiger partial charge in [0, 0.05) is 25.6 Å². The monoisotopic (exact) mass is 346 g/mol. The molecule has 2 aromatic heterocycles. The number of ketones is 1. The number of nitrogens with zero attached hydrogens (tertiary/aromatic N) is 3. The minimum Gasteiger partial charge on any atom is -0.355 e. The van der Waals surface area contributed by atoms with Gasteiger partial charge < -0.3 is 14.4 Å². The molecule has 2 heterocycles. The molecule has 0 fully saturated rings. The third-order valence-corrected chi connectivity index (χ3v) is 4.10. The number of amides is 1. The highest BCUT2D eigenvalue weighted by molar-refractivity contribution is 6.02. The first-order chi connectivity index (χ1) is 11.7. The van der Waals surface area contributed by atoms with Gasteiger partial charge in [-0.3, -0.25) is 9.59 Å². The van der Waals surface area contributed by atoms with Crippen LogP contribution >= 0.6 is 0 Å². The number of rotatable bonds is 7. The molecule has 0 saturated heterocycles. The third kappa shape index (κ3) is 4.15. The zero-order valence-corrected chi connectivity index (χ0v) is 15.8. The molecule has 7 heteroatoms. The van der Waals surface area contributed by atoms with Gasteiger partial charge in [-0.05, 0) is 32.3 Å². The van der Waals surface area contributed by atoms with Crippen LogP contribution in [0.1, 0.15) is 71.5 Å². The number of H-pyrrole nitrogens is 1. The molecule has 0 saturated carbocycles. The van der Waals surface area contributed by atoms with Gasteiger partial charge >= 0.3 is 0 Å². The highest BCUT2D eigenvalue weighted by Gasteiger charge is 2.25. The van der Waals surface area contributed by atoms with Crippen LogP contribution in [-0.4, -0.2) is 38.3 Å². The van der Waals surface area contributed by atoms with Crippen LogP contribution in [0, 0.1) is 19.8 Å². The molecule has 0 atom stereocenters. The number of hydrogen-bond donors (Lipinski definition) is 1.